The van der Waals surface area contributed by atoms with Gasteiger partial charge in [0.15, 0.2) is 0 Å². The van der Waals surface area contributed by atoms with Crippen LogP contribution in [0.1, 0.15) is 19.4 Å². The lowest BCUT2D eigenvalue weighted by molar-refractivity contribution is 0.866. The second-order valence-corrected chi connectivity index (χ2v) is 6.51. The Morgan fingerprint density at radius 3 is 1.81 bits per heavy atom. The van der Waals surface area contributed by atoms with Crippen LogP contribution in [0.4, 0.5) is 17.1 Å². The standard InChI is InChI=1S/C23H24ClN3/c1-3-26(4-2)22-16-15-19(23(24)17-22)18-25-27(20-11-7-5-8-12-20)21-13-9-6-10-14-21/h5-18H,3-4H2,1-2H3/b25-18+. The van der Waals surface area contributed by atoms with E-state index in [0.29, 0.717) is 5.02 Å². The second-order valence-electron chi connectivity index (χ2n) is 6.11. The molecule has 0 saturated heterocycles. The highest BCUT2D eigenvalue weighted by atomic mass is 35.5. The van der Waals surface area contributed by atoms with Gasteiger partial charge in [0.25, 0.3) is 0 Å². The van der Waals surface area contributed by atoms with E-state index in [9.17, 15) is 0 Å². The highest BCUT2D eigenvalue weighted by Gasteiger charge is 2.08. The molecule has 0 amide bonds. The Labute approximate surface area is 166 Å². The Bertz CT molecular complexity index is 835. The number of halogens is 1. The quantitative estimate of drug-likeness (QED) is 0.352. The molecule has 0 aliphatic heterocycles. The molecular formula is C23H24ClN3. The average molecular weight is 378 g/mol. The van der Waals surface area contributed by atoms with Crippen molar-refractivity contribution in [1.29, 1.82) is 0 Å². The first-order valence-corrected chi connectivity index (χ1v) is 9.59. The molecule has 0 aliphatic carbocycles. The van der Waals surface area contributed by atoms with E-state index in [1.807, 2.05) is 84.0 Å². The Morgan fingerprint density at radius 1 is 0.778 bits per heavy atom. The molecule has 0 heterocycles. The van der Waals surface area contributed by atoms with Crippen molar-refractivity contribution >= 4 is 34.9 Å². The minimum atomic E-state index is 0.698. The van der Waals surface area contributed by atoms with E-state index in [-0.39, 0.29) is 0 Å². The molecule has 0 radical (unpaired) electrons. The van der Waals surface area contributed by atoms with Crippen LogP contribution in [-0.2, 0) is 0 Å². The van der Waals surface area contributed by atoms with Gasteiger partial charge in [-0.05, 0) is 56.3 Å². The fraction of sp³-hybridized carbons (Fsp3) is 0.174. The van der Waals surface area contributed by atoms with Crippen LogP contribution in [0, 0.1) is 0 Å². The SMILES string of the molecule is CCN(CC)c1ccc(/C=N/N(c2ccccc2)c2ccccc2)c(Cl)c1. The third-order valence-electron chi connectivity index (χ3n) is 4.43. The van der Waals surface area contributed by atoms with Crippen LogP contribution in [-0.4, -0.2) is 19.3 Å². The lowest BCUT2D eigenvalue weighted by atomic mass is 10.2. The van der Waals surface area contributed by atoms with Gasteiger partial charge >= 0.3 is 0 Å². The fourth-order valence-electron chi connectivity index (χ4n) is 2.95. The maximum Gasteiger partial charge on any atom is 0.0652 e. The summed E-state index contributed by atoms with van der Waals surface area (Å²) < 4.78 is 0. The molecule has 0 fully saturated rings. The molecule has 0 bridgehead atoms. The summed E-state index contributed by atoms with van der Waals surface area (Å²) in [6.07, 6.45) is 1.81. The van der Waals surface area contributed by atoms with Crippen molar-refractivity contribution in [2.24, 2.45) is 5.10 Å². The number of benzene rings is 3. The van der Waals surface area contributed by atoms with Crippen molar-refractivity contribution in [3.63, 3.8) is 0 Å². The summed E-state index contributed by atoms with van der Waals surface area (Å²) in [6.45, 7) is 6.20. The van der Waals surface area contributed by atoms with E-state index < -0.39 is 0 Å². The van der Waals surface area contributed by atoms with Crippen LogP contribution >= 0.6 is 11.6 Å². The first kappa shape index (κ1) is 19.0. The van der Waals surface area contributed by atoms with E-state index in [1.54, 1.807) is 0 Å². The smallest absolute Gasteiger partial charge is 0.0652 e. The molecule has 3 nitrogen and oxygen atoms in total. The number of nitrogens with zero attached hydrogens (tertiary/aromatic N) is 3. The van der Waals surface area contributed by atoms with Crippen molar-refractivity contribution in [3.8, 4) is 0 Å². The van der Waals surface area contributed by atoms with Crippen LogP contribution in [0.15, 0.2) is 84.0 Å². The van der Waals surface area contributed by atoms with Crippen LogP contribution < -0.4 is 9.91 Å². The summed E-state index contributed by atoms with van der Waals surface area (Å²) >= 11 is 6.53. The molecule has 0 spiro atoms. The van der Waals surface area contributed by atoms with Crippen LogP contribution in [0.2, 0.25) is 5.02 Å². The van der Waals surface area contributed by atoms with Gasteiger partial charge in [0.05, 0.1) is 22.6 Å². The lowest BCUT2D eigenvalue weighted by Crippen LogP contribution is -2.21. The molecular weight excluding hydrogens is 354 g/mol. The number of hydrazone groups is 1. The average Bonchev–Trinajstić information content (AvgIpc) is 2.72. The fourth-order valence-corrected chi connectivity index (χ4v) is 3.17. The number of anilines is 3. The Hall–Kier alpha value is -2.78. The van der Waals surface area contributed by atoms with Crippen molar-refractivity contribution in [3.05, 3.63) is 89.4 Å². The van der Waals surface area contributed by atoms with Crippen molar-refractivity contribution in [2.45, 2.75) is 13.8 Å². The van der Waals surface area contributed by atoms with E-state index in [1.165, 1.54) is 0 Å². The molecule has 0 aliphatic rings. The minimum Gasteiger partial charge on any atom is -0.372 e. The lowest BCUT2D eigenvalue weighted by Gasteiger charge is -2.21. The Kier molecular flexibility index (Phi) is 6.50. The number of rotatable bonds is 7. The minimum absolute atomic E-state index is 0.698. The first-order valence-electron chi connectivity index (χ1n) is 9.21. The molecule has 3 aromatic carbocycles. The largest absolute Gasteiger partial charge is 0.372 e. The zero-order valence-corrected chi connectivity index (χ0v) is 16.5. The third-order valence-corrected chi connectivity index (χ3v) is 4.75. The number of hydrogen-bond acceptors (Lipinski definition) is 3. The predicted octanol–water partition coefficient (Wildman–Crippen LogP) is 6.36. The van der Waals surface area contributed by atoms with Crippen LogP contribution in [0.25, 0.3) is 0 Å². The van der Waals surface area contributed by atoms with Crippen molar-refractivity contribution < 1.29 is 0 Å². The molecule has 0 N–H and O–H groups in total. The topological polar surface area (TPSA) is 18.8 Å². The summed E-state index contributed by atoms with van der Waals surface area (Å²) in [5, 5.41) is 7.33. The molecule has 27 heavy (non-hydrogen) atoms. The van der Waals surface area contributed by atoms with E-state index in [2.05, 4.69) is 24.8 Å². The molecule has 0 unspecified atom stereocenters. The summed E-state index contributed by atoms with van der Waals surface area (Å²) in [5.41, 5.74) is 4.02. The van der Waals surface area contributed by atoms with Gasteiger partial charge in [-0.2, -0.15) is 5.10 Å². The predicted molar refractivity (Wildman–Crippen MR) is 118 cm³/mol. The normalized spacial score (nSPS) is 10.9. The number of hydrogen-bond donors (Lipinski definition) is 0. The van der Waals surface area contributed by atoms with Crippen LogP contribution in [0.5, 0.6) is 0 Å². The highest BCUT2D eigenvalue weighted by Crippen LogP contribution is 2.26. The summed E-state index contributed by atoms with van der Waals surface area (Å²) in [5.74, 6) is 0. The molecule has 138 valence electrons. The van der Waals surface area contributed by atoms with Gasteiger partial charge in [-0.1, -0.05) is 48.0 Å². The Morgan fingerprint density at radius 2 is 1.33 bits per heavy atom. The van der Waals surface area contributed by atoms with Gasteiger partial charge in [-0.25, -0.2) is 5.01 Å². The maximum atomic E-state index is 6.53. The maximum absolute atomic E-state index is 6.53. The highest BCUT2D eigenvalue weighted by molar-refractivity contribution is 6.33. The molecule has 4 heteroatoms. The zero-order chi connectivity index (χ0) is 19.1. The second kappa shape index (κ2) is 9.24. The van der Waals surface area contributed by atoms with Gasteiger partial charge in [0, 0.05) is 24.3 Å². The van der Waals surface area contributed by atoms with Gasteiger partial charge < -0.3 is 4.90 Å². The van der Waals surface area contributed by atoms with Crippen molar-refractivity contribution in [2.75, 3.05) is 23.0 Å². The van der Waals surface area contributed by atoms with E-state index in [0.717, 1.165) is 35.7 Å². The molecule has 0 atom stereocenters. The monoisotopic (exact) mass is 377 g/mol. The summed E-state index contributed by atoms with van der Waals surface area (Å²) in [6, 6.07) is 26.3. The summed E-state index contributed by atoms with van der Waals surface area (Å²) in [7, 11) is 0. The molecule has 0 saturated carbocycles. The van der Waals surface area contributed by atoms with Gasteiger partial charge in [-0.15, -0.1) is 0 Å². The van der Waals surface area contributed by atoms with E-state index in [4.69, 9.17) is 16.7 Å². The summed E-state index contributed by atoms with van der Waals surface area (Å²) in [4.78, 5) is 2.27. The van der Waals surface area contributed by atoms with Crippen LogP contribution in [0.3, 0.4) is 0 Å². The van der Waals surface area contributed by atoms with Gasteiger partial charge in [0.2, 0.25) is 0 Å². The molecule has 3 aromatic rings. The molecule has 3 rings (SSSR count). The zero-order valence-electron chi connectivity index (χ0n) is 15.7. The van der Waals surface area contributed by atoms with Gasteiger partial charge in [-0.3, -0.25) is 0 Å². The third kappa shape index (κ3) is 4.69. The van der Waals surface area contributed by atoms with Crippen molar-refractivity contribution in [1.82, 2.24) is 0 Å². The Balaban J connectivity index is 1.91. The molecule has 0 aromatic heterocycles. The number of para-hydroxylation sites is 2. The van der Waals surface area contributed by atoms with E-state index >= 15 is 0 Å². The first-order chi connectivity index (χ1) is 13.2. The van der Waals surface area contributed by atoms with Gasteiger partial charge in [0.1, 0.15) is 0 Å².